The molecular formula is C10H25N3O2S. The van der Waals surface area contributed by atoms with Crippen LogP contribution >= 0.6 is 0 Å². The zero-order valence-electron chi connectivity index (χ0n) is 10.6. The van der Waals surface area contributed by atoms with Crippen LogP contribution in [-0.2, 0) is 10.2 Å². The van der Waals surface area contributed by atoms with Gasteiger partial charge in [0.2, 0.25) is 0 Å². The molecule has 0 bridgehead atoms. The summed E-state index contributed by atoms with van der Waals surface area (Å²) in [7, 11) is -1.42. The van der Waals surface area contributed by atoms with Crippen molar-refractivity contribution in [3.63, 3.8) is 0 Å². The van der Waals surface area contributed by atoms with Crippen molar-refractivity contribution in [2.45, 2.75) is 33.1 Å². The zero-order chi connectivity index (χ0) is 12.4. The Kier molecular flexibility index (Phi) is 8.83. The lowest BCUT2D eigenvalue weighted by Gasteiger charge is -2.21. The molecular weight excluding hydrogens is 226 g/mol. The molecule has 0 rings (SSSR count). The Morgan fingerprint density at radius 1 is 1.06 bits per heavy atom. The van der Waals surface area contributed by atoms with Gasteiger partial charge in [-0.25, -0.2) is 4.72 Å². The molecule has 6 heteroatoms. The molecule has 2 N–H and O–H groups in total. The van der Waals surface area contributed by atoms with Crippen molar-refractivity contribution in [2.24, 2.45) is 0 Å². The van der Waals surface area contributed by atoms with Crippen LogP contribution in [0.2, 0.25) is 0 Å². The smallest absolute Gasteiger partial charge is 0.279 e. The van der Waals surface area contributed by atoms with Crippen LogP contribution in [0.25, 0.3) is 0 Å². The van der Waals surface area contributed by atoms with Gasteiger partial charge in [0.05, 0.1) is 0 Å². The third-order valence-electron chi connectivity index (χ3n) is 2.17. The van der Waals surface area contributed by atoms with E-state index in [0.29, 0.717) is 19.6 Å². The molecule has 0 fully saturated rings. The molecule has 0 aromatic rings. The highest BCUT2D eigenvalue weighted by molar-refractivity contribution is 7.87. The summed E-state index contributed by atoms with van der Waals surface area (Å²) in [5.74, 6) is 0. The van der Waals surface area contributed by atoms with Crippen molar-refractivity contribution in [3.8, 4) is 0 Å². The second kappa shape index (κ2) is 8.92. The maximum atomic E-state index is 11.9. The van der Waals surface area contributed by atoms with E-state index in [-0.39, 0.29) is 0 Å². The molecule has 0 atom stereocenters. The van der Waals surface area contributed by atoms with Crippen LogP contribution in [0, 0.1) is 0 Å². The van der Waals surface area contributed by atoms with Crippen molar-refractivity contribution in [3.05, 3.63) is 0 Å². The van der Waals surface area contributed by atoms with Crippen molar-refractivity contribution >= 4 is 10.2 Å². The van der Waals surface area contributed by atoms with Gasteiger partial charge in [-0.15, -0.1) is 0 Å². The first kappa shape index (κ1) is 15.8. The van der Waals surface area contributed by atoms with Gasteiger partial charge in [-0.3, -0.25) is 0 Å². The van der Waals surface area contributed by atoms with Gasteiger partial charge < -0.3 is 5.32 Å². The molecule has 0 unspecified atom stereocenters. The van der Waals surface area contributed by atoms with Crippen molar-refractivity contribution in [2.75, 3.05) is 33.2 Å². The second-order valence-electron chi connectivity index (χ2n) is 3.76. The molecule has 0 aromatic carbocycles. The second-order valence-corrected chi connectivity index (χ2v) is 5.51. The van der Waals surface area contributed by atoms with E-state index in [4.69, 9.17) is 0 Å². The third kappa shape index (κ3) is 6.42. The highest BCUT2D eigenvalue weighted by Gasteiger charge is 2.18. The normalized spacial score (nSPS) is 12.2. The topological polar surface area (TPSA) is 61.4 Å². The van der Waals surface area contributed by atoms with Crippen LogP contribution in [0.5, 0.6) is 0 Å². The third-order valence-corrected chi connectivity index (χ3v) is 3.79. The fourth-order valence-corrected chi connectivity index (χ4v) is 2.84. The van der Waals surface area contributed by atoms with E-state index in [1.165, 1.54) is 4.31 Å². The van der Waals surface area contributed by atoms with E-state index in [2.05, 4.69) is 10.0 Å². The SMILES string of the molecule is CCCN(CCC)S(=O)(=O)NCCCNC. The Hall–Kier alpha value is -0.170. The van der Waals surface area contributed by atoms with Crippen LogP contribution in [0.1, 0.15) is 33.1 Å². The minimum Gasteiger partial charge on any atom is -0.320 e. The van der Waals surface area contributed by atoms with Crippen LogP contribution < -0.4 is 10.0 Å². The largest absolute Gasteiger partial charge is 0.320 e. The number of hydrogen-bond donors (Lipinski definition) is 2. The quantitative estimate of drug-likeness (QED) is 0.558. The first-order valence-corrected chi connectivity index (χ1v) is 7.41. The van der Waals surface area contributed by atoms with Gasteiger partial charge in [0.15, 0.2) is 0 Å². The minimum absolute atomic E-state index is 0.493. The van der Waals surface area contributed by atoms with Gasteiger partial charge in [-0.1, -0.05) is 13.8 Å². The lowest BCUT2D eigenvalue weighted by Crippen LogP contribution is -2.42. The molecule has 0 saturated carbocycles. The monoisotopic (exact) mass is 251 g/mol. The predicted molar refractivity (Wildman–Crippen MR) is 67.6 cm³/mol. The molecule has 0 aliphatic heterocycles. The Morgan fingerprint density at radius 3 is 2.06 bits per heavy atom. The lowest BCUT2D eigenvalue weighted by atomic mass is 10.4. The van der Waals surface area contributed by atoms with Crippen LogP contribution in [-0.4, -0.2) is 45.9 Å². The van der Waals surface area contributed by atoms with Crippen molar-refractivity contribution < 1.29 is 8.42 Å². The molecule has 0 aromatic heterocycles. The maximum absolute atomic E-state index is 11.9. The number of nitrogens with zero attached hydrogens (tertiary/aromatic N) is 1. The molecule has 0 spiro atoms. The summed E-state index contributed by atoms with van der Waals surface area (Å²) in [6.07, 6.45) is 2.50. The van der Waals surface area contributed by atoms with Crippen molar-refractivity contribution in [1.82, 2.24) is 14.3 Å². The van der Waals surface area contributed by atoms with Crippen LogP contribution in [0.3, 0.4) is 0 Å². The predicted octanol–water partition coefficient (Wildman–Crippen LogP) is 0.552. The molecule has 0 aliphatic carbocycles. The maximum Gasteiger partial charge on any atom is 0.279 e. The molecule has 98 valence electrons. The van der Waals surface area contributed by atoms with E-state index < -0.39 is 10.2 Å². The van der Waals surface area contributed by atoms with Gasteiger partial charge in [0, 0.05) is 19.6 Å². The van der Waals surface area contributed by atoms with E-state index >= 15 is 0 Å². The van der Waals surface area contributed by atoms with Gasteiger partial charge in [-0.2, -0.15) is 12.7 Å². The number of hydrogen-bond acceptors (Lipinski definition) is 3. The fraction of sp³-hybridized carbons (Fsp3) is 1.00. The van der Waals surface area contributed by atoms with E-state index in [1.807, 2.05) is 20.9 Å². The van der Waals surface area contributed by atoms with Gasteiger partial charge >= 0.3 is 0 Å². The summed E-state index contributed by atoms with van der Waals surface area (Å²) in [5, 5.41) is 2.99. The standard InChI is InChI=1S/C10H25N3O2S/c1-4-9-13(10-5-2)16(14,15)12-8-6-7-11-3/h11-12H,4-10H2,1-3H3. The first-order chi connectivity index (χ1) is 7.58. The average molecular weight is 251 g/mol. The number of rotatable bonds is 10. The molecule has 16 heavy (non-hydrogen) atoms. The molecule has 0 saturated heterocycles. The molecule has 0 aliphatic rings. The first-order valence-electron chi connectivity index (χ1n) is 5.97. The lowest BCUT2D eigenvalue weighted by molar-refractivity contribution is 0.401. The molecule has 5 nitrogen and oxygen atoms in total. The highest BCUT2D eigenvalue weighted by Crippen LogP contribution is 2.01. The molecule has 0 heterocycles. The van der Waals surface area contributed by atoms with Gasteiger partial charge in [0.1, 0.15) is 0 Å². The summed E-state index contributed by atoms with van der Waals surface area (Å²) >= 11 is 0. The van der Waals surface area contributed by atoms with E-state index in [9.17, 15) is 8.42 Å². The minimum atomic E-state index is -3.27. The van der Waals surface area contributed by atoms with E-state index in [1.54, 1.807) is 0 Å². The molecule has 0 amide bonds. The molecule has 0 radical (unpaired) electrons. The number of nitrogens with one attached hydrogen (secondary N) is 2. The van der Waals surface area contributed by atoms with Gasteiger partial charge in [0.25, 0.3) is 10.2 Å². The fourth-order valence-electron chi connectivity index (χ4n) is 1.41. The van der Waals surface area contributed by atoms with Crippen molar-refractivity contribution in [1.29, 1.82) is 0 Å². The average Bonchev–Trinajstić information content (AvgIpc) is 2.24. The Balaban J connectivity index is 4.13. The van der Waals surface area contributed by atoms with E-state index in [0.717, 1.165) is 25.8 Å². The Morgan fingerprint density at radius 2 is 1.62 bits per heavy atom. The summed E-state index contributed by atoms with van der Waals surface area (Å²) in [6.45, 7) is 6.47. The van der Waals surface area contributed by atoms with Crippen LogP contribution in [0.15, 0.2) is 0 Å². The zero-order valence-corrected chi connectivity index (χ0v) is 11.4. The summed E-state index contributed by atoms with van der Waals surface area (Å²) in [6, 6.07) is 0. The Bertz CT molecular complexity index is 249. The summed E-state index contributed by atoms with van der Waals surface area (Å²) in [4.78, 5) is 0. The summed E-state index contributed by atoms with van der Waals surface area (Å²) in [5.41, 5.74) is 0. The summed E-state index contributed by atoms with van der Waals surface area (Å²) < 4.78 is 27.9. The van der Waals surface area contributed by atoms with Gasteiger partial charge in [-0.05, 0) is 32.9 Å². The Labute approximate surface area is 99.8 Å². The highest BCUT2D eigenvalue weighted by atomic mass is 32.2. The van der Waals surface area contributed by atoms with Crippen LogP contribution in [0.4, 0.5) is 0 Å².